The highest BCUT2D eigenvalue weighted by atomic mass is 79.9. The molecule has 1 heterocycles. The van der Waals surface area contributed by atoms with Crippen LogP contribution in [0.15, 0.2) is 30.5 Å². The molecular formula is C12H9BrN2O. The van der Waals surface area contributed by atoms with Gasteiger partial charge in [0.05, 0.1) is 0 Å². The smallest absolute Gasteiger partial charge is 0.141 e. The molecule has 0 amide bonds. The summed E-state index contributed by atoms with van der Waals surface area (Å²) < 4.78 is 0. The number of benzene rings is 1. The normalized spacial score (nSPS) is 12.0. The zero-order chi connectivity index (χ0) is 11.5. The molecule has 1 aromatic heterocycles. The van der Waals surface area contributed by atoms with Crippen LogP contribution in [0.4, 0.5) is 0 Å². The number of aromatic nitrogens is 1. The van der Waals surface area contributed by atoms with Crippen LogP contribution < -0.4 is 5.32 Å². The van der Waals surface area contributed by atoms with Crippen molar-refractivity contribution in [3.05, 3.63) is 36.0 Å². The van der Waals surface area contributed by atoms with Crippen molar-refractivity contribution in [2.75, 3.05) is 0 Å². The molecule has 2 rings (SSSR count). The molecule has 0 saturated heterocycles. The van der Waals surface area contributed by atoms with Gasteiger partial charge in [0.1, 0.15) is 16.2 Å². The molecule has 1 aromatic carbocycles. The topological polar surface area (TPSA) is 45.1 Å². The molecule has 0 saturated carbocycles. The van der Waals surface area contributed by atoms with Crippen LogP contribution in [0.5, 0.6) is 5.75 Å². The molecule has 80 valence electrons. The third kappa shape index (κ3) is 1.82. The van der Waals surface area contributed by atoms with Gasteiger partial charge in [0.25, 0.3) is 0 Å². The number of rotatable bonds is 2. The number of hydrogen-bond donors (Lipinski definition) is 2. The molecule has 3 nitrogen and oxygen atoms in total. The van der Waals surface area contributed by atoms with E-state index in [4.69, 9.17) is 6.42 Å². The van der Waals surface area contributed by atoms with Gasteiger partial charge in [-0.3, -0.25) is 4.98 Å². The number of alkyl halides is 1. The van der Waals surface area contributed by atoms with Gasteiger partial charge >= 0.3 is 0 Å². The molecule has 0 radical (unpaired) electrons. The number of nitrogens with one attached hydrogen (secondary N) is 1. The summed E-state index contributed by atoms with van der Waals surface area (Å²) in [5, 5.41) is 13.3. The third-order valence-corrected chi connectivity index (χ3v) is 2.99. The highest BCUT2D eigenvalue weighted by Crippen LogP contribution is 2.31. The lowest BCUT2D eigenvalue weighted by Gasteiger charge is -2.12. The number of pyridine rings is 1. The van der Waals surface area contributed by atoms with Gasteiger partial charge in [-0.05, 0) is 17.7 Å². The number of nitrogens with zero attached hydrogens (tertiary/aromatic N) is 1. The molecular weight excluding hydrogens is 268 g/mol. The van der Waals surface area contributed by atoms with E-state index >= 15 is 0 Å². The fourth-order valence-electron chi connectivity index (χ4n) is 1.55. The minimum absolute atomic E-state index is 0.162. The largest absolute Gasteiger partial charge is 0.506 e. The Morgan fingerprint density at radius 1 is 1.44 bits per heavy atom. The summed E-state index contributed by atoms with van der Waals surface area (Å²) in [5.41, 5.74) is 1.52. The Balaban J connectivity index is 2.63. The molecule has 0 spiro atoms. The maximum atomic E-state index is 9.67. The van der Waals surface area contributed by atoms with Crippen LogP contribution >= 0.6 is 15.9 Å². The molecule has 1 unspecified atom stereocenters. The van der Waals surface area contributed by atoms with Crippen LogP contribution in [0.1, 0.15) is 10.5 Å². The Bertz CT molecular complexity index is 562. The van der Waals surface area contributed by atoms with Gasteiger partial charge in [-0.2, -0.15) is 0 Å². The first-order chi connectivity index (χ1) is 7.74. The molecule has 2 aromatic rings. The third-order valence-electron chi connectivity index (χ3n) is 2.27. The Labute approximate surface area is 102 Å². The molecule has 0 fully saturated rings. The van der Waals surface area contributed by atoms with Gasteiger partial charge in [0.15, 0.2) is 0 Å². The second-order valence-electron chi connectivity index (χ2n) is 3.22. The zero-order valence-electron chi connectivity index (χ0n) is 8.31. The van der Waals surface area contributed by atoms with Crippen LogP contribution in [-0.4, -0.2) is 10.1 Å². The van der Waals surface area contributed by atoms with Crippen molar-refractivity contribution in [3.63, 3.8) is 0 Å². The Morgan fingerprint density at radius 2 is 2.25 bits per heavy atom. The number of hydrogen-bond acceptors (Lipinski definition) is 3. The maximum Gasteiger partial charge on any atom is 0.141 e. The molecule has 0 aliphatic rings. The number of terminal acetylenes is 1. The van der Waals surface area contributed by atoms with E-state index < -0.39 is 0 Å². The maximum absolute atomic E-state index is 9.67. The van der Waals surface area contributed by atoms with Crippen molar-refractivity contribution >= 4 is 26.8 Å². The van der Waals surface area contributed by atoms with Gasteiger partial charge in [-0.25, -0.2) is 0 Å². The van der Waals surface area contributed by atoms with Crippen molar-refractivity contribution in [1.82, 2.24) is 10.3 Å². The summed E-state index contributed by atoms with van der Waals surface area (Å²) in [6, 6.07) is 9.50. The van der Waals surface area contributed by atoms with Crippen LogP contribution in [-0.2, 0) is 0 Å². The van der Waals surface area contributed by atoms with Gasteiger partial charge < -0.3 is 10.4 Å². The first kappa shape index (κ1) is 10.8. The molecule has 4 heteroatoms. The van der Waals surface area contributed by atoms with Gasteiger partial charge in [0, 0.05) is 17.6 Å². The Kier molecular flexibility index (Phi) is 2.97. The molecule has 2 N–H and O–H groups in total. The van der Waals surface area contributed by atoms with E-state index in [1.807, 2.05) is 18.2 Å². The van der Waals surface area contributed by atoms with E-state index in [2.05, 4.69) is 32.3 Å². The average Bonchev–Trinajstić information content (AvgIpc) is 2.30. The standard InChI is InChI=1S/C12H9BrN2O/c1-2-14-12(13)9-5-6-10(16)11-8(9)4-3-7-15-11/h1,3-7,12,14,16H. The van der Waals surface area contributed by atoms with Crippen LogP contribution in [0.2, 0.25) is 0 Å². The second kappa shape index (κ2) is 4.42. The van der Waals surface area contributed by atoms with Crippen molar-refractivity contribution in [2.24, 2.45) is 0 Å². The Hall–Kier alpha value is -1.73. The van der Waals surface area contributed by atoms with Crippen molar-refractivity contribution in [2.45, 2.75) is 4.95 Å². The van der Waals surface area contributed by atoms with E-state index in [0.717, 1.165) is 10.9 Å². The second-order valence-corrected chi connectivity index (χ2v) is 4.14. The summed E-state index contributed by atoms with van der Waals surface area (Å²) >= 11 is 3.43. The summed E-state index contributed by atoms with van der Waals surface area (Å²) in [6.45, 7) is 0. The lowest BCUT2D eigenvalue weighted by Crippen LogP contribution is -2.09. The molecule has 0 aliphatic carbocycles. The van der Waals surface area contributed by atoms with Gasteiger partial charge in [0.2, 0.25) is 0 Å². The minimum Gasteiger partial charge on any atom is -0.506 e. The number of fused-ring (bicyclic) bond motifs is 1. The predicted molar refractivity (Wildman–Crippen MR) is 67.0 cm³/mol. The summed E-state index contributed by atoms with van der Waals surface area (Å²) in [5.74, 6) is 0.166. The monoisotopic (exact) mass is 276 g/mol. The van der Waals surface area contributed by atoms with E-state index in [9.17, 15) is 5.11 Å². The number of halogens is 1. The van der Waals surface area contributed by atoms with Crippen molar-refractivity contribution in [3.8, 4) is 18.2 Å². The molecule has 16 heavy (non-hydrogen) atoms. The highest BCUT2D eigenvalue weighted by Gasteiger charge is 2.11. The zero-order valence-corrected chi connectivity index (χ0v) is 9.90. The van der Waals surface area contributed by atoms with E-state index in [-0.39, 0.29) is 10.7 Å². The quantitative estimate of drug-likeness (QED) is 0.384. The first-order valence-electron chi connectivity index (χ1n) is 4.66. The molecule has 1 atom stereocenters. The highest BCUT2D eigenvalue weighted by molar-refractivity contribution is 9.09. The molecule has 0 aliphatic heterocycles. The van der Waals surface area contributed by atoms with Crippen molar-refractivity contribution in [1.29, 1.82) is 0 Å². The summed E-state index contributed by atoms with van der Waals surface area (Å²) in [7, 11) is 0. The lowest BCUT2D eigenvalue weighted by atomic mass is 10.1. The summed E-state index contributed by atoms with van der Waals surface area (Å²) in [4.78, 5) is 3.97. The average molecular weight is 277 g/mol. The number of phenols is 1. The number of phenolic OH excluding ortho intramolecular Hbond substituents is 1. The van der Waals surface area contributed by atoms with Crippen LogP contribution in [0.3, 0.4) is 0 Å². The van der Waals surface area contributed by atoms with Gasteiger partial charge in [-0.1, -0.05) is 34.5 Å². The van der Waals surface area contributed by atoms with Crippen LogP contribution in [0, 0.1) is 12.5 Å². The first-order valence-corrected chi connectivity index (χ1v) is 5.57. The van der Waals surface area contributed by atoms with E-state index in [1.54, 1.807) is 12.3 Å². The SMILES string of the molecule is C#CNC(Br)c1ccc(O)c2ncccc12. The Morgan fingerprint density at radius 3 is 3.00 bits per heavy atom. The van der Waals surface area contributed by atoms with Crippen LogP contribution in [0.25, 0.3) is 10.9 Å². The lowest BCUT2D eigenvalue weighted by molar-refractivity contribution is 0.480. The number of aromatic hydroxyl groups is 1. The van der Waals surface area contributed by atoms with Crippen molar-refractivity contribution < 1.29 is 5.11 Å². The summed E-state index contributed by atoms with van der Waals surface area (Å²) in [6.07, 6.45) is 6.83. The predicted octanol–water partition coefficient (Wildman–Crippen LogP) is 2.51. The van der Waals surface area contributed by atoms with E-state index in [1.165, 1.54) is 0 Å². The fraction of sp³-hybridized carbons (Fsp3) is 0.0833. The van der Waals surface area contributed by atoms with E-state index in [0.29, 0.717) is 5.52 Å². The van der Waals surface area contributed by atoms with Gasteiger partial charge in [-0.15, -0.1) is 0 Å². The minimum atomic E-state index is -0.162. The fourth-order valence-corrected chi connectivity index (χ4v) is 2.08. The molecule has 0 bridgehead atoms.